The zero-order valence-corrected chi connectivity index (χ0v) is 20.0. The van der Waals surface area contributed by atoms with Crippen molar-refractivity contribution in [1.29, 1.82) is 0 Å². The lowest BCUT2D eigenvalue weighted by Gasteiger charge is -2.30. The standard InChI is InChI=1S/C24H33NO7S/c1-24(2,3)32-23(28)25-21(17-31-16-18-10-6-4-7-11-18)22(14-19(27)15-26)33(29,30)20-12-8-5-9-13-20/h4-13,19,21-22,26-27H,14-17H2,1-3H3,(H,25,28)/t19-,21-,22?/m1/s1. The number of nitrogens with one attached hydrogen (secondary N) is 1. The van der Waals surface area contributed by atoms with Gasteiger partial charge in [-0.3, -0.25) is 0 Å². The number of sulfone groups is 1. The zero-order valence-electron chi connectivity index (χ0n) is 19.2. The molecule has 0 aliphatic rings. The van der Waals surface area contributed by atoms with Gasteiger partial charge in [-0.1, -0.05) is 48.5 Å². The van der Waals surface area contributed by atoms with Crippen LogP contribution in [0.3, 0.4) is 0 Å². The van der Waals surface area contributed by atoms with Gasteiger partial charge in [0.15, 0.2) is 9.84 Å². The Morgan fingerprint density at radius 2 is 1.61 bits per heavy atom. The van der Waals surface area contributed by atoms with Crippen molar-refractivity contribution in [1.82, 2.24) is 5.32 Å². The second-order valence-corrected chi connectivity index (χ2v) is 10.9. The molecule has 3 atom stereocenters. The monoisotopic (exact) mass is 479 g/mol. The van der Waals surface area contributed by atoms with Crippen molar-refractivity contribution >= 4 is 15.9 Å². The van der Waals surface area contributed by atoms with Gasteiger partial charge in [-0.05, 0) is 44.9 Å². The van der Waals surface area contributed by atoms with Crippen LogP contribution in [-0.4, -0.2) is 60.9 Å². The first-order valence-corrected chi connectivity index (χ1v) is 12.3. The number of rotatable bonds is 11. The summed E-state index contributed by atoms with van der Waals surface area (Å²) in [7, 11) is -4.01. The van der Waals surface area contributed by atoms with E-state index in [4.69, 9.17) is 9.47 Å². The van der Waals surface area contributed by atoms with E-state index in [2.05, 4.69) is 5.32 Å². The summed E-state index contributed by atoms with van der Waals surface area (Å²) in [5.41, 5.74) is 0.0872. The molecule has 3 N–H and O–H groups in total. The van der Waals surface area contributed by atoms with E-state index < -0.39 is 45.5 Å². The third-order valence-corrected chi connectivity index (χ3v) is 6.99. The minimum Gasteiger partial charge on any atom is -0.444 e. The van der Waals surface area contributed by atoms with E-state index >= 15 is 0 Å². The highest BCUT2D eigenvalue weighted by Gasteiger charge is 2.38. The fourth-order valence-electron chi connectivity index (χ4n) is 3.21. The molecule has 0 heterocycles. The lowest BCUT2D eigenvalue weighted by Crippen LogP contribution is -2.52. The summed E-state index contributed by atoms with van der Waals surface area (Å²) < 4.78 is 38.1. The maximum absolute atomic E-state index is 13.5. The van der Waals surface area contributed by atoms with Gasteiger partial charge in [-0.25, -0.2) is 13.2 Å². The first-order chi connectivity index (χ1) is 15.5. The molecular formula is C24H33NO7S. The van der Waals surface area contributed by atoms with Crippen LogP contribution in [0.1, 0.15) is 32.8 Å². The number of aliphatic hydroxyl groups is 2. The summed E-state index contributed by atoms with van der Waals surface area (Å²) in [6.45, 7) is 4.52. The van der Waals surface area contributed by atoms with E-state index in [1.165, 1.54) is 12.1 Å². The Hall–Kier alpha value is -2.46. The van der Waals surface area contributed by atoms with E-state index in [-0.39, 0.29) is 24.5 Å². The quantitative estimate of drug-likeness (QED) is 0.453. The third-order valence-electron chi connectivity index (χ3n) is 4.75. The molecule has 0 aliphatic heterocycles. The fourth-order valence-corrected chi connectivity index (χ4v) is 5.15. The minimum atomic E-state index is -4.01. The number of hydrogen-bond donors (Lipinski definition) is 3. The van der Waals surface area contributed by atoms with Crippen LogP contribution in [0.5, 0.6) is 0 Å². The number of hydrogen-bond acceptors (Lipinski definition) is 7. The average molecular weight is 480 g/mol. The maximum atomic E-state index is 13.5. The molecule has 33 heavy (non-hydrogen) atoms. The summed E-state index contributed by atoms with van der Waals surface area (Å²) in [5.74, 6) is 0. The molecule has 0 saturated heterocycles. The number of aliphatic hydroxyl groups excluding tert-OH is 2. The molecule has 0 spiro atoms. The highest BCUT2D eigenvalue weighted by molar-refractivity contribution is 7.92. The predicted molar refractivity (Wildman–Crippen MR) is 124 cm³/mol. The van der Waals surface area contributed by atoms with E-state index in [9.17, 15) is 23.4 Å². The lowest BCUT2D eigenvalue weighted by molar-refractivity contribution is 0.0389. The molecule has 182 valence electrons. The van der Waals surface area contributed by atoms with Crippen LogP contribution in [-0.2, 0) is 25.9 Å². The van der Waals surface area contributed by atoms with Gasteiger partial charge in [0.2, 0.25) is 0 Å². The Morgan fingerprint density at radius 3 is 2.15 bits per heavy atom. The molecule has 0 aromatic heterocycles. The third kappa shape index (κ3) is 8.77. The maximum Gasteiger partial charge on any atom is 0.407 e. The summed E-state index contributed by atoms with van der Waals surface area (Å²) in [5, 5.41) is 20.8. The normalized spacial score (nSPS) is 14.8. The number of carbonyl (C=O) groups is 1. The van der Waals surface area contributed by atoms with Crippen LogP contribution in [0.4, 0.5) is 4.79 Å². The van der Waals surface area contributed by atoms with Gasteiger partial charge < -0.3 is 25.0 Å². The molecular weight excluding hydrogens is 446 g/mol. The molecule has 2 rings (SSSR count). The predicted octanol–water partition coefficient (Wildman–Crippen LogP) is 2.68. The number of alkyl carbamates (subject to hydrolysis) is 1. The van der Waals surface area contributed by atoms with Gasteiger partial charge in [0.25, 0.3) is 0 Å². The van der Waals surface area contributed by atoms with Crippen LogP contribution >= 0.6 is 0 Å². The van der Waals surface area contributed by atoms with Crippen LogP contribution in [0, 0.1) is 0 Å². The Balaban J connectivity index is 2.34. The summed E-state index contributed by atoms with van der Waals surface area (Å²) in [6.07, 6.45) is -2.41. The molecule has 2 aromatic rings. The first-order valence-electron chi connectivity index (χ1n) is 10.7. The van der Waals surface area contributed by atoms with Crippen molar-refractivity contribution in [2.75, 3.05) is 13.2 Å². The minimum absolute atomic E-state index is 0.0409. The second kappa shape index (κ2) is 12.1. The van der Waals surface area contributed by atoms with Crippen LogP contribution < -0.4 is 5.32 Å². The molecule has 8 nitrogen and oxygen atoms in total. The molecule has 1 unspecified atom stereocenters. The van der Waals surface area contributed by atoms with Crippen molar-refractivity contribution in [2.24, 2.45) is 0 Å². The summed E-state index contributed by atoms with van der Waals surface area (Å²) in [4.78, 5) is 12.6. The highest BCUT2D eigenvalue weighted by atomic mass is 32.2. The second-order valence-electron chi connectivity index (χ2n) is 8.72. The van der Waals surface area contributed by atoms with Crippen molar-refractivity contribution < 1.29 is 32.9 Å². The van der Waals surface area contributed by atoms with Gasteiger partial charge >= 0.3 is 6.09 Å². The average Bonchev–Trinajstić information content (AvgIpc) is 2.76. The van der Waals surface area contributed by atoms with E-state index in [1.807, 2.05) is 30.3 Å². The fraction of sp³-hybridized carbons (Fsp3) is 0.458. The molecule has 0 radical (unpaired) electrons. The van der Waals surface area contributed by atoms with Crippen molar-refractivity contribution in [3.8, 4) is 0 Å². The van der Waals surface area contributed by atoms with Crippen LogP contribution in [0.25, 0.3) is 0 Å². The lowest BCUT2D eigenvalue weighted by atomic mass is 10.1. The molecule has 9 heteroatoms. The molecule has 0 aliphatic carbocycles. The Morgan fingerprint density at radius 1 is 1.03 bits per heavy atom. The Bertz CT molecular complexity index is 959. The molecule has 0 bridgehead atoms. The van der Waals surface area contributed by atoms with Gasteiger partial charge in [-0.2, -0.15) is 0 Å². The molecule has 2 aromatic carbocycles. The SMILES string of the molecule is CC(C)(C)OC(=O)N[C@H](COCc1ccccc1)C(C[C@@H](O)CO)S(=O)(=O)c1ccccc1. The summed E-state index contributed by atoms with van der Waals surface area (Å²) >= 11 is 0. The van der Waals surface area contributed by atoms with Crippen molar-refractivity contribution in [3.63, 3.8) is 0 Å². The molecule has 0 saturated carbocycles. The summed E-state index contributed by atoms with van der Waals surface area (Å²) in [6, 6.07) is 16.0. The topological polar surface area (TPSA) is 122 Å². The Labute approximate surface area is 195 Å². The van der Waals surface area contributed by atoms with Gasteiger partial charge in [0.05, 0.1) is 42.1 Å². The van der Waals surface area contributed by atoms with Crippen LogP contribution in [0.2, 0.25) is 0 Å². The first kappa shape index (κ1) is 26.8. The smallest absolute Gasteiger partial charge is 0.407 e. The van der Waals surface area contributed by atoms with Crippen LogP contribution in [0.15, 0.2) is 65.6 Å². The van der Waals surface area contributed by atoms with E-state index in [0.717, 1.165) is 5.56 Å². The number of ether oxygens (including phenoxy) is 2. The van der Waals surface area contributed by atoms with Crippen molar-refractivity contribution in [3.05, 3.63) is 66.2 Å². The van der Waals surface area contributed by atoms with Gasteiger partial charge in [-0.15, -0.1) is 0 Å². The Kier molecular flexibility index (Phi) is 9.85. The highest BCUT2D eigenvalue weighted by Crippen LogP contribution is 2.23. The van der Waals surface area contributed by atoms with Gasteiger partial charge in [0.1, 0.15) is 5.60 Å². The number of amides is 1. The van der Waals surface area contributed by atoms with Crippen molar-refractivity contribution in [2.45, 2.75) is 61.7 Å². The number of carbonyl (C=O) groups excluding carboxylic acids is 1. The molecule has 1 amide bonds. The number of benzene rings is 2. The largest absolute Gasteiger partial charge is 0.444 e. The van der Waals surface area contributed by atoms with E-state index in [0.29, 0.717) is 0 Å². The molecule has 0 fully saturated rings. The van der Waals surface area contributed by atoms with E-state index in [1.54, 1.807) is 39.0 Å². The zero-order chi connectivity index (χ0) is 24.5. The van der Waals surface area contributed by atoms with Gasteiger partial charge in [0, 0.05) is 0 Å².